The van der Waals surface area contributed by atoms with Crippen molar-refractivity contribution >= 4 is 17.5 Å². The Labute approximate surface area is 137 Å². The van der Waals surface area contributed by atoms with E-state index in [-0.39, 0.29) is 17.7 Å². The number of ether oxygens (including phenoxy) is 1. The van der Waals surface area contributed by atoms with Gasteiger partial charge in [0.25, 0.3) is 0 Å². The highest BCUT2D eigenvalue weighted by Crippen LogP contribution is 2.33. The lowest BCUT2D eigenvalue weighted by molar-refractivity contribution is -0.137. The molecule has 2 atom stereocenters. The van der Waals surface area contributed by atoms with Gasteiger partial charge in [-0.2, -0.15) is 0 Å². The fourth-order valence-corrected chi connectivity index (χ4v) is 3.61. The van der Waals surface area contributed by atoms with Crippen LogP contribution in [-0.2, 0) is 9.59 Å². The van der Waals surface area contributed by atoms with Crippen molar-refractivity contribution in [2.24, 2.45) is 11.8 Å². The summed E-state index contributed by atoms with van der Waals surface area (Å²) in [7, 11) is 1.59. The SMILES string of the molecule is COc1ccccc1N1CC(C(=O)N2CCCC(C)C2)CC1=O. The number of benzene rings is 1. The Morgan fingerprint density at radius 3 is 2.78 bits per heavy atom. The Hall–Kier alpha value is -2.04. The molecule has 0 aliphatic carbocycles. The molecule has 0 saturated carbocycles. The Morgan fingerprint density at radius 1 is 1.26 bits per heavy atom. The molecule has 2 aliphatic heterocycles. The molecule has 0 aromatic heterocycles. The molecule has 0 spiro atoms. The van der Waals surface area contributed by atoms with Crippen molar-refractivity contribution in [3.63, 3.8) is 0 Å². The lowest BCUT2D eigenvalue weighted by Gasteiger charge is -2.32. The van der Waals surface area contributed by atoms with Gasteiger partial charge in [0, 0.05) is 26.1 Å². The molecule has 0 N–H and O–H groups in total. The molecule has 5 nitrogen and oxygen atoms in total. The fourth-order valence-electron chi connectivity index (χ4n) is 3.61. The number of methoxy groups -OCH3 is 1. The van der Waals surface area contributed by atoms with Crippen LogP contribution in [0.1, 0.15) is 26.2 Å². The number of para-hydroxylation sites is 2. The van der Waals surface area contributed by atoms with Crippen LogP contribution in [0.15, 0.2) is 24.3 Å². The first-order valence-electron chi connectivity index (χ1n) is 8.32. The van der Waals surface area contributed by atoms with Gasteiger partial charge in [-0.15, -0.1) is 0 Å². The number of hydrogen-bond acceptors (Lipinski definition) is 3. The van der Waals surface area contributed by atoms with Gasteiger partial charge in [0.1, 0.15) is 5.75 Å². The predicted octanol–water partition coefficient (Wildman–Crippen LogP) is 2.31. The van der Waals surface area contributed by atoms with Gasteiger partial charge >= 0.3 is 0 Å². The number of anilines is 1. The van der Waals surface area contributed by atoms with Gasteiger partial charge < -0.3 is 14.5 Å². The topological polar surface area (TPSA) is 49.9 Å². The van der Waals surface area contributed by atoms with Gasteiger partial charge in [-0.05, 0) is 30.9 Å². The molecule has 2 unspecified atom stereocenters. The van der Waals surface area contributed by atoms with E-state index in [1.54, 1.807) is 12.0 Å². The molecule has 124 valence electrons. The maximum Gasteiger partial charge on any atom is 0.228 e. The van der Waals surface area contributed by atoms with Gasteiger partial charge in [0.2, 0.25) is 11.8 Å². The number of nitrogens with zero attached hydrogens (tertiary/aromatic N) is 2. The van der Waals surface area contributed by atoms with E-state index in [1.165, 1.54) is 6.42 Å². The van der Waals surface area contributed by atoms with E-state index in [9.17, 15) is 9.59 Å². The first kappa shape index (κ1) is 15.8. The van der Waals surface area contributed by atoms with E-state index in [2.05, 4.69) is 6.92 Å². The van der Waals surface area contributed by atoms with Crippen molar-refractivity contribution in [2.75, 3.05) is 31.6 Å². The van der Waals surface area contributed by atoms with Crippen LogP contribution in [0.5, 0.6) is 5.75 Å². The van der Waals surface area contributed by atoms with E-state index < -0.39 is 0 Å². The molecule has 2 amide bonds. The summed E-state index contributed by atoms with van der Waals surface area (Å²) in [4.78, 5) is 28.8. The molecule has 1 aromatic rings. The first-order chi connectivity index (χ1) is 11.1. The van der Waals surface area contributed by atoms with Gasteiger partial charge in [-0.25, -0.2) is 0 Å². The lowest BCUT2D eigenvalue weighted by Crippen LogP contribution is -2.43. The van der Waals surface area contributed by atoms with Gasteiger partial charge in [0.05, 0.1) is 18.7 Å². The summed E-state index contributed by atoms with van der Waals surface area (Å²) in [5.74, 6) is 1.11. The van der Waals surface area contributed by atoms with Gasteiger partial charge in [-0.1, -0.05) is 19.1 Å². The molecule has 2 heterocycles. The maximum atomic E-state index is 12.7. The van der Waals surface area contributed by atoms with Crippen molar-refractivity contribution < 1.29 is 14.3 Å². The zero-order chi connectivity index (χ0) is 16.4. The van der Waals surface area contributed by atoms with Gasteiger partial charge in [-0.3, -0.25) is 9.59 Å². The third kappa shape index (κ3) is 3.19. The molecule has 0 radical (unpaired) electrons. The summed E-state index contributed by atoms with van der Waals surface area (Å²) < 4.78 is 5.34. The minimum Gasteiger partial charge on any atom is -0.495 e. The number of carbonyl (C=O) groups is 2. The Kier molecular flexibility index (Phi) is 4.55. The van der Waals surface area contributed by atoms with E-state index in [4.69, 9.17) is 4.74 Å². The normalized spacial score (nSPS) is 24.9. The molecule has 2 saturated heterocycles. The smallest absolute Gasteiger partial charge is 0.228 e. The third-order valence-electron chi connectivity index (χ3n) is 4.82. The molecule has 5 heteroatoms. The van der Waals surface area contributed by atoms with Crippen LogP contribution < -0.4 is 9.64 Å². The van der Waals surface area contributed by atoms with Crippen LogP contribution in [0, 0.1) is 11.8 Å². The Morgan fingerprint density at radius 2 is 2.04 bits per heavy atom. The van der Waals surface area contributed by atoms with E-state index >= 15 is 0 Å². The minimum atomic E-state index is -0.238. The second kappa shape index (κ2) is 6.60. The summed E-state index contributed by atoms with van der Waals surface area (Å²) in [6.45, 7) is 4.27. The Balaban J connectivity index is 1.73. The summed E-state index contributed by atoms with van der Waals surface area (Å²) in [5, 5.41) is 0. The average Bonchev–Trinajstić information content (AvgIpc) is 2.95. The summed E-state index contributed by atoms with van der Waals surface area (Å²) in [5.41, 5.74) is 0.752. The van der Waals surface area contributed by atoms with E-state index in [0.29, 0.717) is 24.6 Å². The number of rotatable bonds is 3. The molecule has 3 rings (SSSR count). The Bertz CT molecular complexity index is 602. The maximum absolute atomic E-state index is 12.7. The lowest BCUT2D eigenvalue weighted by atomic mass is 9.98. The van der Waals surface area contributed by atoms with Crippen molar-refractivity contribution in [2.45, 2.75) is 26.2 Å². The molecule has 2 aliphatic rings. The van der Waals surface area contributed by atoms with Gasteiger partial charge in [0.15, 0.2) is 0 Å². The van der Waals surface area contributed by atoms with Crippen LogP contribution in [0.3, 0.4) is 0 Å². The van der Waals surface area contributed by atoms with Crippen LogP contribution >= 0.6 is 0 Å². The highest BCUT2D eigenvalue weighted by atomic mass is 16.5. The highest BCUT2D eigenvalue weighted by Gasteiger charge is 2.38. The average molecular weight is 316 g/mol. The predicted molar refractivity (Wildman–Crippen MR) is 88.4 cm³/mol. The number of amides is 2. The molecule has 0 bridgehead atoms. The van der Waals surface area contributed by atoms with Crippen molar-refractivity contribution in [1.29, 1.82) is 0 Å². The van der Waals surface area contributed by atoms with Crippen molar-refractivity contribution in [3.05, 3.63) is 24.3 Å². The highest BCUT2D eigenvalue weighted by molar-refractivity contribution is 6.01. The first-order valence-corrected chi connectivity index (χ1v) is 8.32. The van der Waals surface area contributed by atoms with E-state index in [1.807, 2.05) is 29.2 Å². The number of carbonyl (C=O) groups excluding carboxylic acids is 2. The van der Waals surface area contributed by atoms with E-state index in [0.717, 1.165) is 25.2 Å². The molecule has 23 heavy (non-hydrogen) atoms. The second-order valence-electron chi connectivity index (χ2n) is 6.61. The van der Waals surface area contributed by atoms with Crippen LogP contribution in [-0.4, -0.2) is 43.5 Å². The van der Waals surface area contributed by atoms with Crippen LogP contribution in [0.25, 0.3) is 0 Å². The standard InChI is InChI=1S/C18H24N2O3/c1-13-6-5-9-19(11-13)18(22)14-10-17(21)20(12-14)15-7-3-4-8-16(15)23-2/h3-4,7-8,13-14H,5-6,9-12H2,1-2H3. The summed E-state index contributed by atoms with van der Waals surface area (Å²) in [6.07, 6.45) is 2.53. The molecular formula is C18H24N2O3. The van der Waals surface area contributed by atoms with Crippen molar-refractivity contribution in [1.82, 2.24) is 4.90 Å². The molecule has 1 aromatic carbocycles. The minimum absolute atomic E-state index is 0.00194. The summed E-state index contributed by atoms with van der Waals surface area (Å²) >= 11 is 0. The zero-order valence-electron chi connectivity index (χ0n) is 13.8. The largest absolute Gasteiger partial charge is 0.495 e. The zero-order valence-corrected chi connectivity index (χ0v) is 13.8. The fraction of sp³-hybridized carbons (Fsp3) is 0.556. The monoisotopic (exact) mass is 316 g/mol. The number of piperidine rings is 1. The summed E-state index contributed by atoms with van der Waals surface area (Å²) in [6, 6.07) is 7.46. The van der Waals surface area contributed by atoms with Crippen molar-refractivity contribution in [3.8, 4) is 5.75 Å². The molecular weight excluding hydrogens is 292 g/mol. The molecule has 2 fully saturated rings. The van der Waals surface area contributed by atoms with Crippen LogP contribution in [0.4, 0.5) is 5.69 Å². The number of likely N-dealkylation sites (tertiary alicyclic amines) is 1. The second-order valence-corrected chi connectivity index (χ2v) is 6.61. The quantitative estimate of drug-likeness (QED) is 0.860. The third-order valence-corrected chi connectivity index (χ3v) is 4.82. The number of hydrogen-bond donors (Lipinski definition) is 0. The van der Waals surface area contributed by atoms with Crippen LogP contribution in [0.2, 0.25) is 0 Å².